The van der Waals surface area contributed by atoms with Crippen LogP contribution in [0.5, 0.6) is 0 Å². The number of para-hydroxylation sites is 1. The van der Waals surface area contributed by atoms with E-state index in [0.717, 1.165) is 18.9 Å². The maximum absolute atomic E-state index is 5.84. The highest BCUT2D eigenvalue weighted by atomic mass is 15.1. The summed E-state index contributed by atoms with van der Waals surface area (Å²) in [6.45, 7) is 4.41. The predicted octanol–water partition coefficient (Wildman–Crippen LogP) is 2.36. The molecule has 0 bridgehead atoms. The molecule has 0 aliphatic heterocycles. The number of aromatic nitrogens is 3. The Morgan fingerprint density at radius 3 is 2.84 bits per heavy atom. The molecule has 0 fully saturated rings. The number of fused-ring (bicyclic) bond motifs is 1. The Bertz CT molecular complexity index is 693. The first-order chi connectivity index (χ1) is 9.33. The SMILES string of the molecule is CCn1ccnc1Cn1ccc2cccc(CN)c21. The standard InChI is InChI=1S/C15H18N4/c1-2-18-9-7-17-14(18)11-19-8-6-12-4-3-5-13(10-16)15(12)19/h3-9H,2,10-11,16H2,1H3. The van der Waals surface area contributed by atoms with E-state index in [1.165, 1.54) is 16.5 Å². The fraction of sp³-hybridized carbons (Fsp3) is 0.267. The Kier molecular flexibility index (Phi) is 3.09. The molecule has 2 aromatic heterocycles. The van der Waals surface area contributed by atoms with Gasteiger partial charge in [-0.25, -0.2) is 4.98 Å². The van der Waals surface area contributed by atoms with Gasteiger partial charge in [-0.2, -0.15) is 0 Å². The Labute approximate surface area is 112 Å². The normalized spacial score (nSPS) is 11.3. The number of nitrogens with two attached hydrogens (primary N) is 1. The number of benzene rings is 1. The molecule has 3 aromatic rings. The summed E-state index contributed by atoms with van der Waals surface area (Å²) >= 11 is 0. The molecule has 0 radical (unpaired) electrons. The summed E-state index contributed by atoms with van der Waals surface area (Å²) in [4.78, 5) is 4.44. The fourth-order valence-electron chi connectivity index (χ4n) is 2.57. The molecule has 0 amide bonds. The minimum Gasteiger partial charge on any atom is -0.340 e. The number of aryl methyl sites for hydroxylation is 1. The lowest BCUT2D eigenvalue weighted by Gasteiger charge is -2.10. The molecule has 0 spiro atoms. The lowest BCUT2D eigenvalue weighted by molar-refractivity contribution is 0.661. The number of rotatable bonds is 4. The molecular weight excluding hydrogens is 236 g/mol. The van der Waals surface area contributed by atoms with Crippen molar-refractivity contribution in [2.45, 2.75) is 26.6 Å². The summed E-state index contributed by atoms with van der Waals surface area (Å²) in [5.74, 6) is 1.08. The third-order valence-electron chi connectivity index (χ3n) is 3.55. The van der Waals surface area contributed by atoms with Gasteiger partial charge >= 0.3 is 0 Å². The average molecular weight is 254 g/mol. The molecule has 4 heteroatoms. The highest BCUT2D eigenvalue weighted by Gasteiger charge is 2.08. The molecule has 2 heterocycles. The van der Waals surface area contributed by atoms with Crippen LogP contribution < -0.4 is 5.73 Å². The van der Waals surface area contributed by atoms with E-state index in [4.69, 9.17) is 5.73 Å². The van der Waals surface area contributed by atoms with E-state index in [0.29, 0.717) is 6.54 Å². The highest BCUT2D eigenvalue weighted by Crippen LogP contribution is 2.21. The fourth-order valence-corrected chi connectivity index (χ4v) is 2.57. The third kappa shape index (κ3) is 2.04. The van der Waals surface area contributed by atoms with E-state index in [9.17, 15) is 0 Å². The first-order valence-electron chi connectivity index (χ1n) is 6.60. The number of hydrogen-bond acceptors (Lipinski definition) is 2. The summed E-state index contributed by atoms with van der Waals surface area (Å²) in [6, 6.07) is 8.40. The van der Waals surface area contributed by atoms with Crippen LogP contribution in [0.15, 0.2) is 42.9 Å². The molecule has 3 rings (SSSR count). The Morgan fingerprint density at radius 1 is 1.16 bits per heavy atom. The zero-order valence-electron chi connectivity index (χ0n) is 11.1. The van der Waals surface area contributed by atoms with Crippen molar-refractivity contribution < 1.29 is 0 Å². The molecule has 2 N–H and O–H groups in total. The maximum Gasteiger partial charge on any atom is 0.128 e. The van der Waals surface area contributed by atoms with E-state index in [1.54, 1.807) is 0 Å². The molecule has 1 aromatic carbocycles. The minimum atomic E-state index is 0.559. The summed E-state index contributed by atoms with van der Waals surface area (Å²) < 4.78 is 4.39. The zero-order valence-corrected chi connectivity index (χ0v) is 11.1. The monoisotopic (exact) mass is 254 g/mol. The van der Waals surface area contributed by atoms with Gasteiger partial charge in [0.25, 0.3) is 0 Å². The lowest BCUT2D eigenvalue weighted by Crippen LogP contribution is -2.08. The van der Waals surface area contributed by atoms with Crippen molar-refractivity contribution in [3.63, 3.8) is 0 Å². The van der Waals surface area contributed by atoms with Gasteiger partial charge in [0.2, 0.25) is 0 Å². The second-order valence-corrected chi connectivity index (χ2v) is 4.63. The third-order valence-corrected chi connectivity index (χ3v) is 3.55. The number of hydrogen-bond donors (Lipinski definition) is 1. The van der Waals surface area contributed by atoms with E-state index in [-0.39, 0.29) is 0 Å². The van der Waals surface area contributed by atoms with Crippen molar-refractivity contribution >= 4 is 10.9 Å². The minimum absolute atomic E-state index is 0.559. The topological polar surface area (TPSA) is 48.8 Å². The first kappa shape index (κ1) is 12.0. The van der Waals surface area contributed by atoms with Crippen molar-refractivity contribution in [1.82, 2.24) is 14.1 Å². The molecule has 98 valence electrons. The van der Waals surface area contributed by atoms with Crippen LogP contribution in [-0.2, 0) is 19.6 Å². The van der Waals surface area contributed by atoms with Gasteiger partial charge in [-0.05, 0) is 23.9 Å². The van der Waals surface area contributed by atoms with Gasteiger partial charge in [-0.3, -0.25) is 0 Å². The molecule has 0 unspecified atom stereocenters. The smallest absolute Gasteiger partial charge is 0.128 e. The Balaban J connectivity index is 2.06. The van der Waals surface area contributed by atoms with Crippen LogP contribution in [0.3, 0.4) is 0 Å². The molecular formula is C15H18N4. The summed E-state index contributed by atoms with van der Waals surface area (Å²) in [7, 11) is 0. The quantitative estimate of drug-likeness (QED) is 0.777. The molecule has 4 nitrogen and oxygen atoms in total. The van der Waals surface area contributed by atoms with Crippen LogP contribution in [0.25, 0.3) is 10.9 Å². The van der Waals surface area contributed by atoms with Crippen LogP contribution in [0, 0.1) is 0 Å². The van der Waals surface area contributed by atoms with Crippen LogP contribution in [0.1, 0.15) is 18.3 Å². The van der Waals surface area contributed by atoms with Crippen LogP contribution >= 0.6 is 0 Å². The van der Waals surface area contributed by atoms with Crippen molar-refractivity contribution in [2.24, 2.45) is 5.73 Å². The molecule has 0 aliphatic carbocycles. The summed E-state index contributed by atoms with van der Waals surface area (Å²) in [6.07, 6.45) is 5.98. The molecule has 0 saturated heterocycles. The van der Waals surface area contributed by atoms with E-state index in [1.807, 2.05) is 12.4 Å². The van der Waals surface area contributed by atoms with E-state index in [2.05, 4.69) is 51.5 Å². The average Bonchev–Trinajstić information content (AvgIpc) is 3.06. The van der Waals surface area contributed by atoms with Crippen molar-refractivity contribution in [3.05, 3.63) is 54.2 Å². The van der Waals surface area contributed by atoms with Gasteiger partial charge in [0.05, 0.1) is 12.1 Å². The second-order valence-electron chi connectivity index (χ2n) is 4.63. The van der Waals surface area contributed by atoms with Gasteiger partial charge in [-0.15, -0.1) is 0 Å². The van der Waals surface area contributed by atoms with Gasteiger partial charge < -0.3 is 14.9 Å². The van der Waals surface area contributed by atoms with E-state index < -0.39 is 0 Å². The maximum atomic E-state index is 5.84. The van der Waals surface area contributed by atoms with Crippen molar-refractivity contribution in [1.29, 1.82) is 0 Å². The Morgan fingerprint density at radius 2 is 2.05 bits per heavy atom. The van der Waals surface area contributed by atoms with Crippen LogP contribution in [0.4, 0.5) is 0 Å². The largest absolute Gasteiger partial charge is 0.340 e. The summed E-state index contributed by atoms with van der Waals surface area (Å²) in [5, 5.41) is 1.23. The van der Waals surface area contributed by atoms with Crippen LogP contribution in [0.2, 0.25) is 0 Å². The van der Waals surface area contributed by atoms with Gasteiger partial charge in [0, 0.05) is 31.7 Å². The number of imidazole rings is 1. The van der Waals surface area contributed by atoms with E-state index >= 15 is 0 Å². The molecule has 0 aliphatic rings. The lowest BCUT2D eigenvalue weighted by atomic mass is 10.1. The van der Waals surface area contributed by atoms with Gasteiger partial charge in [-0.1, -0.05) is 18.2 Å². The van der Waals surface area contributed by atoms with Gasteiger partial charge in [0.1, 0.15) is 5.82 Å². The predicted molar refractivity (Wildman–Crippen MR) is 76.8 cm³/mol. The van der Waals surface area contributed by atoms with Crippen molar-refractivity contribution in [2.75, 3.05) is 0 Å². The molecule has 0 atom stereocenters. The Hall–Kier alpha value is -2.07. The first-order valence-corrected chi connectivity index (χ1v) is 6.60. The second kappa shape index (κ2) is 4.90. The zero-order chi connectivity index (χ0) is 13.2. The van der Waals surface area contributed by atoms with Crippen LogP contribution in [-0.4, -0.2) is 14.1 Å². The highest BCUT2D eigenvalue weighted by molar-refractivity contribution is 5.83. The summed E-state index contributed by atoms with van der Waals surface area (Å²) in [5.41, 5.74) is 8.24. The van der Waals surface area contributed by atoms with Crippen molar-refractivity contribution in [3.8, 4) is 0 Å². The molecule has 19 heavy (non-hydrogen) atoms. The van der Waals surface area contributed by atoms with Gasteiger partial charge in [0.15, 0.2) is 0 Å². The number of nitrogens with zero attached hydrogens (tertiary/aromatic N) is 3. The molecule has 0 saturated carbocycles.